The fourth-order valence-corrected chi connectivity index (χ4v) is 2.03. The summed E-state index contributed by atoms with van der Waals surface area (Å²) >= 11 is 0. The minimum atomic E-state index is -1.09. The highest BCUT2D eigenvalue weighted by Crippen LogP contribution is 2.06. The quantitative estimate of drug-likeness (QED) is 0.732. The largest absolute Gasteiger partial charge is 0.480 e. The molecule has 0 radical (unpaired) electrons. The number of pyridine rings is 1. The number of carboxylic acids is 1. The van der Waals surface area contributed by atoms with E-state index in [1.807, 2.05) is 6.92 Å². The zero-order valence-electron chi connectivity index (χ0n) is 11.9. The predicted molar refractivity (Wildman–Crippen MR) is 75.0 cm³/mol. The summed E-state index contributed by atoms with van der Waals surface area (Å²) in [5.74, 6) is -1.74. The highest BCUT2D eigenvalue weighted by atomic mass is 16.4. The Balaban J connectivity index is 2.95. The molecule has 0 spiro atoms. The minimum Gasteiger partial charge on any atom is -0.480 e. The molecule has 0 saturated heterocycles. The monoisotopic (exact) mass is 280 g/mol. The molecule has 6 heteroatoms. The van der Waals surface area contributed by atoms with Gasteiger partial charge in [0.1, 0.15) is 11.6 Å². The van der Waals surface area contributed by atoms with Gasteiger partial charge in [-0.25, -0.2) is 4.79 Å². The lowest BCUT2D eigenvalue weighted by Gasteiger charge is -2.14. The second kappa shape index (κ2) is 6.88. The van der Waals surface area contributed by atoms with Gasteiger partial charge in [0.05, 0.1) is 0 Å². The van der Waals surface area contributed by atoms with Crippen molar-refractivity contribution in [2.75, 3.05) is 0 Å². The molecule has 1 unspecified atom stereocenters. The summed E-state index contributed by atoms with van der Waals surface area (Å²) in [6, 6.07) is 0.709. The van der Waals surface area contributed by atoms with Crippen LogP contribution in [0, 0.1) is 13.8 Å². The predicted octanol–water partition coefficient (Wildman–Crippen LogP) is 1.36. The Morgan fingerprint density at radius 3 is 2.55 bits per heavy atom. The molecule has 1 heterocycles. The van der Waals surface area contributed by atoms with Crippen LogP contribution in [0.25, 0.3) is 0 Å². The van der Waals surface area contributed by atoms with Crippen LogP contribution >= 0.6 is 0 Å². The van der Waals surface area contributed by atoms with Gasteiger partial charge in [-0.15, -0.1) is 0 Å². The minimum absolute atomic E-state index is 0.0293. The van der Waals surface area contributed by atoms with Crippen LogP contribution in [0.3, 0.4) is 0 Å². The Bertz CT molecular complexity index is 563. The summed E-state index contributed by atoms with van der Waals surface area (Å²) < 4.78 is 0. The van der Waals surface area contributed by atoms with Crippen molar-refractivity contribution in [1.29, 1.82) is 0 Å². The van der Waals surface area contributed by atoms with Crippen LogP contribution < -0.4 is 10.9 Å². The number of H-pyrrole nitrogens is 1. The first kappa shape index (κ1) is 15.9. The zero-order chi connectivity index (χ0) is 15.3. The molecule has 0 aliphatic heterocycles. The molecule has 0 aliphatic carbocycles. The van der Waals surface area contributed by atoms with Gasteiger partial charge in [0.2, 0.25) is 0 Å². The molecular weight excluding hydrogens is 260 g/mol. The Kier molecular flexibility index (Phi) is 5.49. The van der Waals surface area contributed by atoms with E-state index in [2.05, 4.69) is 10.3 Å². The van der Waals surface area contributed by atoms with E-state index in [-0.39, 0.29) is 5.56 Å². The lowest BCUT2D eigenvalue weighted by Crippen LogP contribution is -2.42. The molecule has 3 N–H and O–H groups in total. The van der Waals surface area contributed by atoms with E-state index in [0.29, 0.717) is 24.1 Å². The van der Waals surface area contributed by atoms with Crippen molar-refractivity contribution < 1.29 is 14.7 Å². The van der Waals surface area contributed by atoms with E-state index in [4.69, 9.17) is 5.11 Å². The van der Waals surface area contributed by atoms with Gasteiger partial charge in [0, 0.05) is 5.69 Å². The third kappa shape index (κ3) is 3.94. The van der Waals surface area contributed by atoms with Crippen LogP contribution in [0.4, 0.5) is 0 Å². The summed E-state index contributed by atoms with van der Waals surface area (Å²) in [5.41, 5.74) is 0.658. The van der Waals surface area contributed by atoms with Crippen LogP contribution in [0.1, 0.15) is 47.8 Å². The standard InChI is InChI=1S/C14H20N2O4/c1-4-5-6-10(14(19)20)16-13(18)11-8(2)7-9(3)15-12(11)17/h7,10H,4-6H2,1-3H3,(H,15,17)(H,16,18)(H,19,20). The molecule has 1 rings (SSSR count). The second-order valence-corrected chi connectivity index (χ2v) is 4.85. The molecule has 6 nitrogen and oxygen atoms in total. The number of amides is 1. The van der Waals surface area contributed by atoms with E-state index in [1.54, 1.807) is 19.9 Å². The van der Waals surface area contributed by atoms with E-state index in [1.165, 1.54) is 0 Å². The first-order chi connectivity index (χ1) is 9.36. The summed E-state index contributed by atoms with van der Waals surface area (Å²) in [5, 5.41) is 11.5. The number of rotatable bonds is 6. The summed E-state index contributed by atoms with van der Waals surface area (Å²) in [6.07, 6.45) is 1.88. The molecule has 0 saturated carbocycles. The van der Waals surface area contributed by atoms with Crippen molar-refractivity contribution in [2.24, 2.45) is 0 Å². The third-order valence-corrected chi connectivity index (χ3v) is 3.04. The topological polar surface area (TPSA) is 99.3 Å². The number of nitrogens with one attached hydrogen (secondary N) is 2. The fraction of sp³-hybridized carbons (Fsp3) is 0.500. The Hall–Kier alpha value is -2.11. The normalized spacial score (nSPS) is 11.9. The maximum atomic E-state index is 12.1. The first-order valence-electron chi connectivity index (χ1n) is 6.61. The highest BCUT2D eigenvalue weighted by Gasteiger charge is 2.22. The lowest BCUT2D eigenvalue weighted by molar-refractivity contribution is -0.139. The van der Waals surface area contributed by atoms with Gasteiger partial charge in [0.15, 0.2) is 0 Å². The molecule has 0 aliphatic rings. The van der Waals surface area contributed by atoms with E-state index < -0.39 is 23.5 Å². The number of unbranched alkanes of at least 4 members (excludes halogenated alkanes) is 1. The van der Waals surface area contributed by atoms with Crippen LogP contribution in [-0.4, -0.2) is 28.0 Å². The SMILES string of the molecule is CCCCC(NC(=O)c1c(C)cc(C)[nH]c1=O)C(=O)O. The maximum absolute atomic E-state index is 12.1. The number of aliphatic carboxylic acids is 1. The number of aromatic amines is 1. The average Bonchev–Trinajstić information content (AvgIpc) is 2.32. The van der Waals surface area contributed by atoms with Gasteiger partial charge in [0.25, 0.3) is 11.5 Å². The molecule has 1 amide bonds. The number of hydrogen-bond donors (Lipinski definition) is 3. The number of carbonyl (C=O) groups is 2. The molecule has 1 aromatic heterocycles. The van der Waals surface area contributed by atoms with Crippen molar-refractivity contribution in [2.45, 2.75) is 46.1 Å². The van der Waals surface area contributed by atoms with Gasteiger partial charge in [-0.1, -0.05) is 19.8 Å². The number of hydrogen-bond acceptors (Lipinski definition) is 3. The van der Waals surface area contributed by atoms with Crippen LogP contribution in [0.5, 0.6) is 0 Å². The molecular formula is C14H20N2O4. The second-order valence-electron chi connectivity index (χ2n) is 4.85. The molecule has 1 atom stereocenters. The van der Waals surface area contributed by atoms with Crippen molar-refractivity contribution in [3.8, 4) is 0 Å². The van der Waals surface area contributed by atoms with Crippen molar-refractivity contribution in [3.05, 3.63) is 33.2 Å². The smallest absolute Gasteiger partial charge is 0.326 e. The Labute approximate surface area is 117 Å². The van der Waals surface area contributed by atoms with Crippen molar-refractivity contribution in [3.63, 3.8) is 0 Å². The molecule has 0 aromatic carbocycles. The number of carbonyl (C=O) groups excluding carboxylic acids is 1. The molecule has 0 bridgehead atoms. The average molecular weight is 280 g/mol. The lowest BCUT2D eigenvalue weighted by atomic mass is 10.1. The number of aromatic nitrogens is 1. The van der Waals surface area contributed by atoms with Crippen LogP contribution in [0.15, 0.2) is 10.9 Å². The first-order valence-corrected chi connectivity index (χ1v) is 6.61. The van der Waals surface area contributed by atoms with Crippen LogP contribution in [0.2, 0.25) is 0 Å². The van der Waals surface area contributed by atoms with Gasteiger partial charge in [-0.05, 0) is 31.9 Å². The van der Waals surface area contributed by atoms with E-state index >= 15 is 0 Å². The number of aryl methyl sites for hydroxylation is 2. The fourth-order valence-electron chi connectivity index (χ4n) is 2.03. The van der Waals surface area contributed by atoms with Crippen molar-refractivity contribution >= 4 is 11.9 Å². The van der Waals surface area contributed by atoms with Crippen LogP contribution in [-0.2, 0) is 4.79 Å². The third-order valence-electron chi connectivity index (χ3n) is 3.04. The molecule has 0 fully saturated rings. The van der Waals surface area contributed by atoms with E-state index in [9.17, 15) is 14.4 Å². The van der Waals surface area contributed by atoms with Gasteiger partial charge in [-0.3, -0.25) is 9.59 Å². The molecule has 20 heavy (non-hydrogen) atoms. The van der Waals surface area contributed by atoms with Gasteiger partial charge in [-0.2, -0.15) is 0 Å². The molecule has 1 aromatic rings. The summed E-state index contributed by atoms with van der Waals surface area (Å²) in [4.78, 5) is 37.5. The van der Waals surface area contributed by atoms with Gasteiger partial charge >= 0.3 is 5.97 Å². The Morgan fingerprint density at radius 1 is 1.40 bits per heavy atom. The van der Waals surface area contributed by atoms with Gasteiger partial charge < -0.3 is 15.4 Å². The molecule has 110 valence electrons. The summed E-state index contributed by atoms with van der Waals surface area (Å²) in [7, 11) is 0. The number of carboxylic acid groups (broad SMARTS) is 1. The summed E-state index contributed by atoms with van der Waals surface area (Å²) in [6.45, 7) is 5.31. The van der Waals surface area contributed by atoms with E-state index in [0.717, 1.165) is 6.42 Å². The maximum Gasteiger partial charge on any atom is 0.326 e. The zero-order valence-corrected chi connectivity index (χ0v) is 11.9. The van der Waals surface area contributed by atoms with Crippen molar-refractivity contribution in [1.82, 2.24) is 10.3 Å². The Morgan fingerprint density at radius 2 is 2.05 bits per heavy atom. The highest BCUT2D eigenvalue weighted by molar-refractivity contribution is 5.97.